The number of amides is 2. The molecule has 0 spiro atoms. The molecule has 9 heteroatoms. The fourth-order valence-corrected chi connectivity index (χ4v) is 4.30. The Bertz CT molecular complexity index is 870. The lowest BCUT2D eigenvalue weighted by Crippen LogP contribution is -2.43. The number of aromatic nitrogens is 1. The van der Waals surface area contributed by atoms with Gasteiger partial charge in [0.25, 0.3) is 0 Å². The molecule has 6 nitrogen and oxygen atoms in total. The van der Waals surface area contributed by atoms with Crippen molar-refractivity contribution in [1.82, 2.24) is 9.88 Å². The van der Waals surface area contributed by atoms with E-state index < -0.39 is 11.8 Å². The number of thiazole rings is 1. The maximum Gasteiger partial charge on any atom is 0.357 e. The van der Waals surface area contributed by atoms with Gasteiger partial charge in [0, 0.05) is 17.1 Å². The van der Waals surface area contributed by atoms with Crippen LogP contribution in [0.4, 0.5) is 14.9 Å². The fraction of sp³-hybridized carbons (Fsp3) is 0.450. The molecule has 0 atom stereocenters. The van der Waals surface area contributed by atoms with Crippen molar-refractivity contribution in [2.45, 2.75) is 51.6 Å². The molecule has 3 rings (SSSR count). The minimum atomic E-state index is -0.539. The van der Waals surface area contributed by atoms with Gasteiger partial charge >= 0.3 is 12.0 Å². The number of rotatable bonds is 6. The van der Waals surface area contributed by atoms with Crippen LogP contribution in [0.1, 0.15) is 54.5 Å². The van der Waals surface area contributed by atoms with Crippen LogP contribution in [0.3, 0.4) is 0 Å². The van der Waals surface area contributed by atoms with Crippen molar-refractivity contribution in [3.05, 3.63) is 45.1 Å². The molecule has 1 aliphatic rings. The van der Waals surface area contributed by atoms with Crippen molar-refractivity contribution in [3.8, 4) is 0 Å². The van der Waals surface area contributed by atoms with Crippen molar-refractivity contribution in [2.24, 2.45) is 0 Å². The second-order valence-corrected chi connectivity index (χ2v) is 8.18. The van der Waals surface area contributed by atoms with Crippen LogP contribution in [0.2, 0.25) is 5.02 Å². The minimum Gasteiger partial charge on any atom is -0.461 e. The molecule has 0 bridgehead atoms. The van der Waals surface area contributed by atoms with Gasteiger partial charge in [-0.2, -0.15) is 0 Å². The highest BCUT2D eigenvalue weighted by atomic mass is 35.5. The Morgan fingerprint density at radius 2 is 2.10 bits per heavy atom. The number of urea groups is 1. The topological polar surface area (TPSA) is 71.5 Å². The molecule has 1 fully saturated rings. The molecule has 0 radical (unpaired) electrons. The third-order valence-electron chi connectivity index (χ3n) is 4.79. The Balaban J connectivity index is 1.76. The number of hydrogen-bond donors (Lipinski definition) is 1. The van der Waals surface area contributed by atoms with Gasteiger partial charge in [-0.3, -0.25) is 0 Å². The average Bonchev–Trinajstić information content (AvgIpc) is 3.19. The van der Waals surface area contributed by atoms with E-state index in [1.54, 1.807) is 17.2 Å². The maximum absolute atomic E-state index is 13.4. The van der Waals surface area contributed by atoms with Gasteiger partial charge in [-0.25, -0.2) is 19.0 Å². The number of halogens is 2. The lowest BCUT2D eigenvalue weighted by atomic mass is 9.94. The highest BCUT2D eigenvalue weighted by molar-refractivity contribution is 7.09. The first-order valence-electron chi connectivity index (χ1n) is 9.62. The van der Waals surface area contributed by atoms with Crippen LogP contribution in [-0.4, -0.2) is 34.5 Å². The zero-order chi connectivity index (χ0) is 20.8. The Morgan fingerprint density at radius 1 is 1.34 bits per heavy atom. The molecular weight excluding hydrogens is 417 g/mol. The molecule has 1 aromatic carbocycles. The molecular formula is C20H23ClFN3O3S. The Morgan fingerprint density at radius 3 is 2.79 bits per heavy atom. The Labute approximate surface area is 178 Å². The van der Waals surface area contributed by atoms with E-state index in [1.165, 1.54) is 29.5 Å². The zero-order valence-electron chi connectivity index (χ0n) is 16.1. The van der Waals surface area contributed by atoms with E-state index in [1.807, 2.05) is 0 Å². The molecule has 2 amide bonds. The summed E-state index contributed by atoms with van der Waals surface area (Å²) in [5.74, 6) is -1.01. The van der Waals surface area contributed by atoms with Crippen molar-refractivity contribution in [3.63, 3.8) is 0 Å². The second kappa shape index (κ2) is 10.0. The normalized spacial score (nSPS) is 14.4. The molecule has 0 saturated heterocycles. The first-order valence-corrected chi connectivity index (χ1v) is 10.9. The van der Waals surface area contributed by atoms with Crippen LogP contribution < -0.4 is 5.32 Å². The Hall–Kier alpha value is -2.19. The van der Waals surface area contributed by atoms with E-state index >= 15 is 0 Å². The molecule has 1 heterocycles. The summed E-state index contributed by atoms with van der Waals surface area (Å²) in [7, 11) is 0. The molecule has 0 unspecified atom stereocenters. The van der Waals surface area contributed by atoms with Gasteiger partial charge in [-0.1, -0.05) is 30.9 Å². The van der Waals surface area contributed by atoms with Crippen molar-refractivity contribution >= 4 is 40.6 Å². The van der Waals surface area contributed by atoms with E-state index in [4.69, 9.17) is 16.3 Å². The molecule has 1 aromatic heterocycles. The summed E-state index contributed by atoms with van der Waals surface area (Å²) in [6.07, 6.45) is 5.09. The largest absolute Gasteiger partial charge is 0.461 e. The van der Waals surface area contributed by atoms with Crippen LogP contribution in [0, 0.1) is 5.82 Å². The summed E-state index contributed by atoms with van der Waals surface area (Å²) in [5, 5.41) is 5.05. The lowest BCUT2D eigenvalue weighted by molar-refractivity contribution is 0.0520. The summed E-state index contributed by atoms with van der Waals surface area (Å²) in [6, 6.07) is 3.85. The number of carbonyl (C=O) groups excluding carboxylic acids is 2. The monoisotopic (exact) mass is 439 g/mol. The van der Waals surface area contributed by atoms with Gasteiger partial charge in [-0.15, -0.1) is 11.3 Å². The molecule has 29 heavy (non-hydrogen) atoms. The Kier molecular flexibility index (Phi) is 7.44. The smallest absolute Gasteiger partial charge is 0.357 e. The SMILES string of the molecule is CCOC(=O)c1csc(CN(C(=O)Nc2ccc(F)c(Cl)c2)C2CCCCC2)n1. The highest BCUT2D eigenvalue weighted by Gasteiger charge is 2.27. The molecule has 0 aliphatic heterocycles. The third kappa shape index (κ3) is 5.67. The molecule has 1 aliphatic carbocycles. The predicted octanol–water partition coefficient (Wildman–Crippen LogP) is 5.48. The van der Waals surface area contributed by atoms with Gasteiger partial charge in [0.15, 0.2) is 5.69 Å². The quantitative estimate of drug-likeness (QED) is 0.605. The first kappa shape index (κ1) is 21.5. The van der Waals surface area contributed by atoms with Crippen LogP contribution in [0.15, 0.2) is 23.6 Å². The van der Waals surface area contributed by atoms with E-state index in [-0.39, 0.29) is 35.9 Å². The van der Waals surface area contributed by atoms with Gasteiger partial charge < -0.3 is 15.0 Å². The summed E-state index contributed by atoms with van der Waals surface area (Å²) >= 11 is 7.14. The summed E-state index contributed by atoms with van der Waals surface area (Å²) in [5.41, 5.74) is 0.676. The van der Waals surface area contributed by atoms with Gasteiger partial charge in [0.2, 0.25) is 0 Å². The minimum absolute atomic E-state index is 0.0500. The lowest BCUT2D eigenvalue weighted by Gasteiger charge is -2.33. The van der Waals surface area contributed by atoms with Gasteiger partial charge in [0.1, 0.15) is 10.8 Å². The molecule has 1 N–H and O–H groups in total. The van der Waals surface area contributed by atoms with Crippen molar-refractivity contribution in [1.29, 1.82) is 0 Å². The molecule has 156 valence electrons. The van der Waals surface area contributed by atoms with Crippen LogP contribution in [-0.2, 0) is 11.3 Å². The second-order valence-electron chi connectivity index (χ2n) is 6.83. The number of esters is 1. The predicted molar refractivity (Wildman–Crippen MR) is 111 cm³/mol. The van der Waals surface area contributed by atoms with Crippen molar-refractivity contribution in [2.75, 3.05) is 11.9 Å². The summed E-state index contributed by atoms with van der Waals surface area (Å²) in [4.78, 5) is 31.0. The standard InChI is InChI=1S/C20H23ClFN3O3S/c1-2-28-19(26)17-12-29-18(24-17)11-25(14-6-4-3-5-7-14)20(27)23-13-8-9-16(22)15(21)10-13/h8-10,12,14H,2-7,11H2,1H3,(H,23,27). The average molecular weight is 440 g/mol. The first-order chi connectivity index (χ1) is 14.0. The van der Waals surface area contributed by atoms with E-state index in [0.29, 0.717) is 10.7 Å². The number of hydrogen-bond acceptors (Lipinski definition) is 5. The summed E-state index contributed by atoms with van der Waals surface area (Å²) in [6.45, 7) is 2.31. The number of nitrogens with one attached hydrogen (secondary N) is 1. The van der Waals surface area contributed by atoms with Crippen LogP contribution in [0.5, 0.6) is 0 Å². The molecule has 1 saturated carbocycles. The molecule has 2 aromatic rings. The number of carbonyl (C=O) groups is 2. The number of benzene rings is 1. The summed E-state index contributed by atoms with van der Waals surface area (Å²) < 4.78 is 18.4. The van der Waals surface area contributed by atoms with E-state index in [9.17, 15) is 14.0 Å². The number of ether oxygens (including phenoxy) is 1. The van der Waals surface area contributed by atoms with Crippen LogP contribution in [0.25, 0.3) is 0 Å². The maximum atomic E-state index is 13.4. The fourth-order valence-electron chi connectivity index (χ4n) is 3.36. The van der Waals surface area contributed by atoms with Crippen molar-refractivity contribution < 1.29 is 18.7 Å². The number of anilines is 1. The number of nitrogens with zero attached hydrogens (tertiary/aromatic N) is 2. The van der Waals surface area contributed by atoms with Crippen LogP contribution >= 0.6 is 22.9 Å². The highest BCUT2D eigenvalue weighted by Crippen LogP contribution is 2.26. The van der Waals surface area contributed by atoms with Gasteiger partial charge in [-0.05, 0) is 38.0 Å². The van der Waals surface area contributed by atoms with Gasteiger partial charge in [0.05, 0.1) is 18.2 Å². The zero-order valence-corrected chi connectivity index (χ0v) is 17.7. The van der Waals surface area contributed by atoms with E-state index in [2.05, 4.69) is 10.3 Å². The third-order valence-corrected chi connectivity index (χ3v) is 5.91. The van der Waals surface area contributed by atoms with E-state index in [0.717, 1.165) is 32.1 Å².